The van der Waals surface area contributed by atoms with Crippen LogP contribution in [0.2, 0.25) is 0 Å². The normalized spacial score (nSPS) is 19.1. The van der Waals surface area contributed by atoms with Gasteiger partial charge in [0, 0.05) is 7.11 Å². The second-order valence-corrected chi connectivity index (χ2v) is 3.52. The highest BCUT2D eigenvalue weighted by atomic mass is 16.7. The highest BCUT2D eigenvalue weighted by Crippen LogP contribution is 2.42. The molecule has 0 aromatic rings. The van der Waals surface area contributed by atoms with E-state index in [2.05, 4.69) is 11.8 Å². The van der Waals surface area contributed by atoms with Crippen molar-refractivity contribution in [2.75, 3.05) is 27.1 Å². The van der Waals surface area contributed by atoms with Gasteiger partial charge in [-0.1, -0.05) is 5.92 Å². The van der Waals surface area contributed by atoms with Gasteiger partial charge in [0.15, 0.2) is 0 Å². The quantitative estimate of drug-likeness (QED) is 0.382. The smallest absolute Gasteiger partial charge is 0.147 e. The maximum absolute atomic E-state index is 9.66. The van der Waals surface area contributed by atoms with Crippen LogP contribution >= 0.6 is 0 Å². The molecule has 0 spiro atoms. The van der Waals surface area contributed by atoms with Gasteiger partial charge in [-0.25, -0.2) is 0 Å². The molecule has 0 aromatic heterocycles. The molecule has 0 aromatic carbocycles. The zero-order chi connectivity index (χ0) is 11.1. The average molecular weight is 214 g/mol. The molecule has 1 aliphatic carbocycles. The van der Waals surface area contributed by atoms with Crippen LogP contribution in [-0.4, -0.2) is 43.9 Å². The Labute approximate surface area is 90.5 Å². The molecule has 0 heterocycles. The Morgan fingerprint density at radius 1 is 1.40 bits per heavy atom. The van der Waals surface area contributed by atoms with E-state index in [1.165, 1.54) is 0 Å². The summed E-state index contributed by atoms with van der Waals surface area (Å²) >= 11 is 0. The summed E-state index contributed by atoms with van der Waals surface area (Å²) in [4.78, 5) is 0. The first-order chi connectivity index (χ1) is 7.25. The van der Waals surface area contributed by atoms with E-state index in [-0.39, 0.29) is 6.79 Å². The molecule has 1 fully saturated rings. The van der Waals surface area contributed by atoms with Gasteiger partial charge < -0.3 is 19.3 Å². The zero-order valence-electron chi connectivity index (χ0n) is 9.28. The van der Waals surface area contributed by atoms with Gasteiger partial charge >= 0.3 is 0 Å². The number of aliphatic hydroxyl groups excluding tert-OH is 1. The van der Waals surface area contributed by atoms with E-state index < -0.39 is 11.7 Å². The molecule has 15 heavy (non-hydrogen) atoms. The van der Waals surface area contributed by atoms with Crippen molar-refractivity contribution in [2.45, 2.75) is 31.5 Å². The van der Waals surface area contributed by atoms with Gasteiger partial charge in [0.1, 0.15) is 18.5 Å². The third-order valence-electron chi connectivity index (χ3n) is 2.38. The van der Waals surface area contributed by atoms with Crippen LogP contribution < -0.4 is 0 Å². The van der Waals surface area contributed by atoms with Crippen molar-refractivity contribution >= 4 is 0 Å². The van der Waals surface area contributed by atoms with Crippen LogP contribution in [0.3, 0.4) is 0 Å². The lowest BCUT2D eigenvalue weighted by atomic mass is 10.2. The van der Waals surface area contributed by atoms with Gasteiger partial charge in [-0.3, -0.25) is 0 Å². The van der Waals surface area contributed by atoms with E-state index in [1.807, 2.05) is 0 Å². The summed E-state index contributed by atoms with van der Waals surface area (Å²) in [5.41, 5.74) is -0.476. The fourth-order valence-electron chi connectivity index (χ4n) is 1.25. The first kappa shape index (κ1) is 12.5. The summed E-state index contributed by atoms with van der Waals surface area (Å²) in [6, 6.07) is 0. The molecule has 0 aliphatic heterocycles. The Bertz CT molecular complexity index is 237. The van der Waals surface area contributed by atoms with E-state index in [0.717, 1.165) is 12.8 Å². The molecular weight excluding hydrogens is 196 g/mol. The minimum Gasteiger partial charge on any atom is -0.382 e. The number of hydrogen-bond donors (Lipinski definition) is 1. The summed E-state index contributed by atoms with van der Waals surface area (Å²) < 4.78 is 15.5. The van der Waals surface area contributed by atoms with E-state index in [4.69, 9.17) is 14.2 Å². The van der Waals surface area contributed by atoms with Crippen molar-refractivity contribution in [2.24, 2.45) is 0 Å². The predicted molar refractivity (Wildman–Crippen MR) is 55.2 cm³/mol. The van der Waals surface area contributed by atoms with Crippen LogP contribution in [0.1, 0.15) is 19.8 Å². The van der Waals surface area contributed by atoms with Gasteiger partial charge in [-0.15, -0.1) is 5.92 Å². The van der Waals surface area contributed by atoms with E-state index >= 15 is 0 Å². The lowest BCUT2D eigenvalue weighted by Crippen LogP contribution is -2.31. The number of rotatable bonds is 7. The summed E-state index contributed by atoms with van der Waals surface area (Å²) in [5.74, 6) is 5.38. The summed E-state index contributed by atoms with van der Waals surface area (Å²) in [5, 5.41) is 9.66. The topological polar surface area (TPSA) is 47.9 Å². The molecule has 1 rings (SSSR count). The Kier molecular flexibility index (Phi) is 5.06. The van der Waals surface area contributed by atoms with Crippen molar-refractivity contribution in [1.29, 1.82) is 0 Å². The number of aliphatic hydroxyl groups is 1. The minimum absolute atomic E-state index is 0.186. The lowest BCUT2D eigenvalue weighted by Gasteiger charge is -2.18. The third-order valence-corrected chi connectivity index (χ3v) is 2.38. The average Bonchev–Trinajstić information content (AvgIpc) is 2.99. The fraction of sp³-hybridized carbons (Fsp3) is 0.818. The molecule has 0 amide bonds. The molecule has 1 unspecified atom stereocenters. The zero-order valence-corrected chi connectivity index (χ0v) is 9.28. The number of hydrogen-bond acceptors (Lipinski definition) is 4. The van der Waals surface area contributed by atoms with Crippen LogP contribution in [0, 0.1) is 11.8 Å². The van der Waals surface area contributed by atoms with E-state index in [0.29, 0.717) is 13.2 Å². The Morgan fingerprint density at radius 2 is 2.13 bits per heavy atom. The highest BCUT2D eigenvalue weighted by Gasteiger charge is 2.50. The Balaban J connectivity index is 2.16. The molecule has 0 radical (unpaired) electrons. The van der Waals surface area contributed by atoms with Gasteiger partial charge in [0.2, 0.25) is 0 Å². The molecule has 1 N–H and O–H groups in total. The van der Waals surface area contributed by atoms with E-state index in [1.54, 1.807) is 14.0 Å². The molecule has 1 saturated carbocycles. The van der Waals surface area contributed by atoms with Crippen LogP contribution in [0.15, 0.2) is 0 Å². The third kappa shape index (κ3) is 3.80. The second kappa shape index (κ2) is 6.09. The number of ether oxygens (including phenoxy) is 3. The van der Waals surface area contributed by atoms with Gasteiger partial charge in [-0.2, -0.15) is 0 Å². The lowest BCUT2D eigenvalue weighted by molar-refractivity contribution is -0.132. The van der Waals surface area contributed by atoms with Crippen LogP contribution in [-0.2, 0) is 14.2 Å². The monoisotopic (exact) mass is 214 g/mol. The molecule has 1 aliphatic rings. The predicted octanol–water partition coefficient (Wildman–Crippen LogP) is 0.540. The Morgan fingerprint density at radius 3 is 2.67 bits per heavy atom. The first-order valence-electron chi connectivity index (χ1n) is 5.06. The summed E-state index contributed by atoms with van der Waals surface area (Å²) in [6.45, 7) is 2.94. The molecule has 1 atom stereocenters. The van der Waals surface area contributed by atoms with Crippen LogP contribution in [0.4, 0.5) is 0 Å². The largest absolute Gasteiger partial charge is 0.382 e. The number of methoxy groups -OCH3 is 1. The highest BCUT2D eigenvalue weighted by molar-refractivity contribution is 5.16. The molecular formula is C11H18O4. The summed E-state index contributed by atoms with van der Waals surface area (Å²) in [6.07, 6.45) is 0.987. The molecule has 4 heteroatoms. The maximum atomic E-state index is 9.66. The summed E-state index contributed by atoms with van der Waals surface area (Å²) in [7, 11) is 1.62. The second-order valence-electron chi connectivity index (χ2n) is 3.52. The standard InChI is InChI=1S/C11H18O4/c1-3-4-10(12)11(5-6-11)15-9-14-8-7-13-2/h10,12H,5-9H2,1-2H3. The molecule has 4 nitrogen and oxygen atoms in total. The molecule has 0 saturated heterocycles. The van der Waals surface area contributed by atoms with Gasteiger partial charge in [0.25, 0.3) is 0 Å². The molecule has 86 valence electrons. The van der Waals surface area contributed by atoms with Gasteiger partial charge in [-0.05, 0) is 19.8 Å². The van der Waals surface area contributed by atoms with Crippen LogP contribution in [0.25, 0.3) is 0 Å². The molecule has 0 bridgehead atoms. The first-order valence-corrected chi connectivity index (χ1v) is 5.06. The van der Waals surface area contributed by atoms with Crippen LogP contribution in [0.5, 0.6) is 0 Å². The van der Waals surface area contributed by atoms with Crippen molar-refractivity contribution in [3.63, 3.8) is 0 Å². The van der Waals surface area contributed by atoms with E-state index in [9.17, 15) is 5.11 Å². The van der Waals surface area contributed by atoms with Crippen molar-refractivity contribution < 1.29 is 19.3 Å². The fourth-order valence-corrected chi connectivity index (χ4v) is 1.25. The maximum Gasteiger partial charge on any atom is 0.147 e. The van der Waals surface area contributed by atoms with Crippen molar-refractivity contribution in [1.82, 2.24) is 0 Å². The SMILES string of the molecule is CC#CC(O)C1(OCOCCOC)CC1. The van der Waals surface area contributed by atoms with Crippen molar-refractivity contribution in [3.8, 4) is 11.8 Å². The van der Waals surface area contributed by atoms with Crippen molar-refractivity contribution in [3.05, 3.63) is 0 Å². The van der Waals surface area contributed by atoms with Gasteiger partial charge in [0.05, 0.1) is 13.2 Å². The minimum atomic E-state index is -0.700. The Hall–Kier alpha value is -0.600.